The van der Waals surface area contributed by atoms with Gasteiger partial charge in [-0.15, -0.1) is 6.58 Å². The fourth-order valence-corrected chi connectivity index (χ4v) is 2.12. The van der Waals surface area contributed by atoms with Crippen molar-refractivity contribution in [1.29, 1.82) is 0 Å². The first kappa shape index (κ1) is 16.8. The van der Waals surface area contributed by atoms with Crippen LogP contribution in [0.2, 0.25) is 0 Å². The van der Waals surface area contributed by atoms with Gasteiger partial charge >= 0.3 is 0 Å². The van der Waals surface area contributed by atoms with Crippen LogP contribution >= 0.6 is 0 Å². The zero-order chi connectivity index (χ0) is 14.8. The Hall–Kier alpha value is -1.28. The number of ether oxygens (including phenoxy) is 1. The van der Waals surface area contributed by atoms with Crippen molar-refractivity contribution in [1.82, 2.24) is 5.32 Å². The standard InChI is InChI=1S/C18H29NO/c1-5-8-17-9-6-7-10-18(17)20-14-13-19-16(4)12-11-15(2)3/h5-7,9-10,15-16,19H,1,8,11-14H2,2-4H3. The number of nitrogens with one attached hydrogen (secondary N) is 1. The van der Waals surface area contributed by atoms with Crippen molar-refractivity contribution in [3.63, 3.8) is 0 Å². The van der Waals surface area contributed by atoms with Gasteiger partial charge in [0.2, 0.25) is 0 Å². The van der Waals surface area contributed by atoms with E-state index in [0.717, 1.165) is 24.6 Å². The summed E-state index contributed by atoms with van der Waals surface area (Å²) in [6.07, 6.45) is 5.27. The molecule has 2 heteroatoms. The largest absolute Gasteiger partial charge is 0.492 e. The Labute approximate surface area is 124 Å². The van der Waals surface area contributed by atoms with E-state index in [4.69, 9.17) is 4.74 Å². The number of para-hydroxylation sites is 1. The highest BCUT2D eigenvalue weighted by molar-refractivity contribution is 5.34. The molecule has 1 unspecified atom stereocenters. The summed E-state index contributed by atoms with van der Waals surface area (Å²) in [7, 11) is 0. The Bertz CT molecular complexity index is 387. The normalized spacial score (nSPS) is 12.4. The molecule has 1 N–H and O–H groups in total. The lowest BCUT2D eigenvalue weighted by molar-refractivity contribution is 0.300. The molecule has 1 aromatic carbocycles. The summed E-state index contributed by atoms with van der Waals surface area (Å²) in [4.78, 5) is 0. The van der Waals surface area contributed by atoms with Gasteiger partial charge in [-0.1, -0.05) is 38.1 Å². The molecule has 0 fully saturated rings. The molecule has 0 aliphatic carbocycles. The smallest absolute Gasteiger partial charge is 0.122 e. The van der Waals surface area contributed by atoms with E-state index in [0.29, 0.717) is 12.6 Å². The monoisotopic (exact) mass is 275 g/mol. The van der Waals surface area contributed by atoms with Crippen LogP contribution in [0, 0.1) is 5.92 Å². The van der Waals surface area contributed by atoms with Gasteiger partial charge in [0.15, 0.2) is 0 Å². The molecule has 0 heterocycles. The number of benzene rings is 1. The second kappa shape index (κ2) is 9.60. The van der Waals surface area contributed by atoms with Crippen LogP contribution in [0.25, 0.3) is 0 Å². The predicted molar refractivity (Wildman–Crippen MR) is 87.4 cm³/mol. The molecule has 0 radical (unpaired) electrons. The second-order valence-electron chi connectivity index (χ2n) is 5.78. The molecule has 0 aliphatic heterocycles. The Morgan fingerprint density at radius 3 is 2.65 bits per heavy atom. The van der Waals surface area contributed by atoms with Gasteiger partial charge in [-0.3, -0.25) is 0 Å². The van der Waals surface area contributed by atoms with Crippen LogP contribution in [-0.2, 0) is 6.42 Å². The minimum Gasteiger partial charge on any atom is -0.492 e. The Balaban J connectivity index is 2.25. The third-order valence-electron chi connectivity index (χ3n) is 3.37. The minimum atomic E-state index is 0.560. The summed E-state index contributed by atoms with van der Waals surface area (Å²) < 4.78 is 5.86. The maximum absolute atomic E-state index is 5.86. The molecule has 1 aromatic rings. The Morgan fingerprint density at radius 1 is 1.20 bits per heavy atom. The molecule has 0 aromatic heterocycles. The van der Waals surface area contributed by atoms with Crippen molar-refractivity contribution in [2.75, 3.05) is 13.2 Å². The van der Waals surface area contributed by atoms with Crippen LogP contribution in [0.15, 0.2) is 36.9 Å². The zero-order valence-electron chi connectivity index (χ0n) is 13.2. The predicted octanol–water partition coefficient (Wildman–Crippen LogP) is 4.21. The molecule has 20 heavy (non-hydrogen) atoms. The number of rotatable bonds is 10. The van der Waals surface area contributed by atoms with E-state index in [1.165, 1.54) is 18.4 Å². The maximum Gasteiger partial charge on any atom is 0.122 e. The number of hydrogen-bond donors (Lipinski definition) is 1. The van der Waals surface area contributed by atoms with Crippen LogP contribution in [0.3, 0.4) is 0 Å². The van der Waals surface area contributed by atoms with Crippen LogP contribution in [0.4, 0.5) is 0 Å². The lowest BCUT2D eigenvalue weighted by atomic mass is 10.0. The lowest BCUT2D eigenvalue weighted by Gasteiger charge is -2.16. The molecule has 0 bridgehead atoms. The average Bonchev–Trinajstić information content (AvgIpc) is 2.43. The molecule has 0 saturated carbocycles. The summed E-state index contributed by atoms with van der Waals surface area (Å²) in [6.45, 7) is 12.2. The lowest BCUT2D eigenvalue weighted by Crippen LogP contribution is -2.30. The summed E-state index contributed by atoms with van der Waals surface area (Å²) >= 11 is 0. The highest BCUT2D eigenvalue weighted by Gasteiger charge is 2.04. The van der Waals surface area contributed by atoms with E-state index in [9.17, 15) is 0 Å². The third kappa shape index (κ3) is 6.76. The fraction of sp³-hybridized carbons (Fsp3) is 0.556. The fourth-order valence-electron chi connectivity index (χ4n) is 2.12. The molecule has 1 rings (SSSR count). The molecule has 0 spiro atoms. The van der Waals surface area contributed by atoms with Gasteiger partial charge in [-0.05, 0) is 43.7 Å². The summed E-state index contributed by atoms with van der Waals surface area (Å²) in [5.41, 5.74) is 1.20. The quantitative estimate of drug-likeness (QED) is 0.510. The van der Waals surface area contributed by atoms with Gasteiger partial charge in [0.05, 0.1) is 0 Å². The first-order chi connectivity index (χ1) is 9.63. The number of hydrogen-bond acceptors (Lipinski definition) is 2. The Morgan fingerprint density at radius 2 is 1.95 bits per heavy atom. The van der Waals surface area contributed by atoms with E-state index >= 15 is 0 Å². The highest BCUT2D eigenvalue weighted by atomic mass is 16.5. The number of allylic oxidation sites excluding steroid dienone is 1. The van der Waals surface area contributed by atoms with E-state index in [-0.39, 0.29) is 0 Å². The summed E-state index contributed by atoms with van der Waals surface area (Å²) in [6, 6.07) is 8.74. The molecule has 0 saturated heterocycles. The van der Waals surface area contributed by atoms with Crippen molar-refractivity contribution in [2.45, 2.75) is 46.1 Å². The minimum absolute atomic E-state index is 0.560. The Kier molecular flexibility index (Phi) is 8.05. The van der Waals surface area contributed by atoms with Gasteiger partial charge in [-0.2, -0.15) is 0 Å². The van der Waals surface area contributed by atoms with Crippen LogP contribution in [-0.4, -0.2) is 19.2 Å². The third-order valence-corrected chi connectivity index (χ3v) is 3.37. The second-order valence-corrected chi connectivity index (χ2v) is 5.78. The van der Waals surface area contributed by atoms with E-state index in [1.54, 1.807) is 0 Å². The average molecular weight is 275 g/mol. The molecule has 1 atom stereocenters. The first-order valence-electron chi connectivity index (χ1n) is 7.68. The summed E-state index contributed by atoms with van der Waals surface area (Å²) in [5.74, 6) is 1.75. The highest BCUT2D eigenvalue weighted by Crippen LogP contribution is 2.18. The summed E-state index contributed by atoms with van der Waals surface area (Å²) in [5, 5.41) is 3.51. The van der Waals surface area contributed by atoms with E-state index in [1.807, 2.05) is 24.3 Å². The maximum atomic E-state index is 5.86. The van der Waals surface area contributed by atoms with Crippen molar-refractivity contribution < 1.29 is 4.74 Å². The van der Waals surface area contributed by atoms with Crippen LogP contribution < -0.4 is 10.1 Å². The molecule has 2 nitrogen and oxygen atoms in total. The topological polar surface area (TPSA) is 21.3 Å². The van der Waals surface area contributed by atoms with Crippen molar-refractivity contribution in [2.24, 2.45) is 5.92 Å². The molecule has 0 amide bonds. The van der Waals surface area contributed by atoms with Gasteiger partial charge in [-0.25, -0.2) is 0 Å². The van der Waals surface area contributed by atoms with E-state index < -0.39 is 0 Å². The molecule has 112 valence electrons. The van der Waals surface area contributed by atoms with Crippen molar-refractivity contribution in [3.8, 4) is 5.75 Å². The van der Waals surface area contributed by atoms with E-state index in [2.05, 4.69) is 38.7 Å². The van der Waals surface area contributed by atoms with Crippen molar-refractivity contribution >= 4 is 0 Å². The molecular formula is C18H29NO. The molecule has 0 aliphatic rings. The van der Waals surface area contributed by atoms with Crippen molar-refractivity contribution in [3.05, 3.63) is 42.5 Å². The zero-order valence-corrected chi connectivity index (χ0v) is 13.2. The first-order valence-corrected chi connectivity index (χ1v) is 7.68. The van der Waals surface area contributed by atoms with Crippen LogP contribution in [0.5, 0.6) is 5.75 Å². The van der Waals surface area contributed by atoms with Gasteiger partial charge < -0.3 is 10.1 Å². The van der Waals surface area contributed by atoms with Crippen LogP contribution in [0.1, 0.15) is 39.2 Å². The SMILES string of the molecule is C=CCc1ccccc1OCCNC(C)CCC(C)C. The van der Waals surface area contributed by atoms with Gasteiger partial charge in [0.1, 0.15) is 12.4 Å². The molecular weight excluding hydrogens is 246 g/mol. The van der Waals surface area contributed by atoms with Gasteiger partial charge in [0, 0.05) is 12.6 Å². The van der Waals surface area contributed by atoms with Gasteiger partial charge in [0.25, 0.3) is 0 Å².